The first-order valence-electron chi connectivity index (χ1n) is 5.57. The Morgan fingerprint density at radius 2 is 2.31 bits per heavy atom. The number of halogens is 1. The predicted molar refractivity (Wildman–Crippen MR) is 62.8 cm³/mol. The van der Waals surface area contributed by atoms with Crippen LogP contribution >= 0.6 is 11.6 Å². The monoisotopic (exact) mass is 241 g/mol. The van der Waals surface area contributed by atoms with E-state index in [0.29, 0.717) is 18.2 Å². The average Bonchev–Trinajstić information content (AvgIpc) is 2.68. The second-order valence-electron chi connectivity index (χ2n) is 4.44. The molecule has 0 aromatic carbocycles. The fourth-order valence-corrected chi connectivity index (χ4v) is 2.20. The molecule has 1 fully saturated rings. The molecule has 16 heavy (non-hydrogen) atoms. The first-order chi connectivity index (χ1) is 7.58. The van der Waals surface area contributed by atoms with Crippen LogP contribution in [0.3, 0.4) is 0 Å². The summed E-state index contributed by atoms with van der Waals surface area (Å²) in [6.07, 6.45) is 0.958. The van der Waals surface area contributed by atoms with E-state index in [0.717, 1.165) is 18.7 Å². The van der Waals surface area contributed by atoms with E-state index in [1.807, 2.05) is 6.92 Å². The van der Waals surface area contributed by atoms with E-state index in [2.05, 4.69) is 6.92 Å². The van der Waals surface area contributed by atoms with Crippen molar-refractivity contribution >= 4 is 17.5 Å². The van der Waals surface area contributed by atoms with E-state index in [1.165, 1.54) is 0 Å². The van der Waals surface area contributed by atoms with Gasteiger partial charge in [-0.2, -0.15) is 0 Å². The van der Waals surface area contributed by atoms with Gasteiger partial charge in [-0.15, -0.1) is 11.6 Å². The number of rotatable bonds is 1. The number of furan rings is 1. The van der Waals surface area contributed by atoms with Crippen LogP contribution in [0, 0.1) is 12.8 Å². The third-order valence-corrected chi connectivity index (χ3v) is 3.67. The SMILES string of the molecule is Cc1ccc(C(=O)N2CCC(C)C(Cl)C2)o1. The zero-order valence-electron chi connectivity index (χ0n) is 9.57. The summed E-state index contributed by atoms with van der Waals surface area (Å²) in [4.78, 5) is 13.8. The summed E-state index contributed by atoms with van der Waals surface area (Å²) < 4.78 is 5.33. The Balaban J connectivity index is 2.06. The van der Waals surface area contributed by atoms with E-state index in [9.17, 15) is 4.79 Å². The van der Waals surface area contributed by atoms with Gasteiger partial charge in [-0.25, -0.2) is 0 Å². The molecule has 2 atom stereocenters. The van der Waals surface area contributed by atoms with Gasteiger partial charge in [0.05, 0.1) is 5.38 Å². The van der Waals surface area contributed by atoms with Crippen molar-refractivity contribution in [2.45, 2.75) is 25.6 Å². The largest absolute Gasteiger partial charge is 0.456 e. The molecular formula is C12H16ClNO2. The quantitative estimate of drug-likeness (QED) is 0.709. The molecule has 0 N–H and O–H groups in total. The summed E-state index contributed by atoms with van der Waals surface area (Å²) in [5.74, 6) is 1.60. The Morgan fingerprint density at radius 3 is 2.88 bits per heavy atom. The maximum Gasteiger partial charge on any atom is 0.289 e. The topological polar surface area (TPSA) is 33.5 Å². The minimum atomic E-state index is -0.0503. The molecule has 1 aliphatic heterocycles. The van der Waals surface area contributed by atoms with Gasteiger partial charge in [-0.05, 0) is 31.4 Å². The van der Waals surface area contributed by atoms with Gasteiger partial charge < -0.3 is 9.32 Å². The third-order valence-electron chi connectivity index (χ3n) is 3.10. The Labute approximate surface area is 100 Å². The minimum Gasteiger partial charge on any atom is -0.456 e. The Kier molecular flexibility index (Phi) is 3.24. The summed E-state index contributed by atoms with van der Waals surface area (Å²) >= 11 is 6.17. The molecule has 0 spiro atoms. The van der Waals surface area contributed by atoms with Gasteiger partial charge in [-0.3, -0.25) is 4.79 Å². The van der Waals surface area contributed by atoms with Crippen molar-refractivity contribution in [2.75, 3.05) is 13.1 Å². The van der Waals surface area contributed by atoms with Crippen molar-refractivity contribution in [2.24, 2.45) is 5.92 Å². The normalized spacial score (nSPS) is 25.8. The van der Waals surface area contributed by atoms with E-state index < -0.39 is 0 Å². The van der Waals surface area contributed by atoms with E-state index in [1.54, 1.807) is 17.0 Å². The Hall–Kier alpha value is -0.960. The van der Waals surface area contributed by atoms with Crippen LogP contribution < -0.4 is 0 Å². The second kappa shape index (κ2) is 4.50. The van der Waals surface area contributed by atoms with Crippen molar-refractivity contribution in [1.29, 1.82) is 0 Å². The molecule has 1 aliphatic rings. The van der Waals surface area contributed by atoms with E-state index >= 15 is 0 Å². The summed E-state index contributed by atoms with van der Waals surface area (Å²) in [5.41, 5.74) is 0. The number of nitrogens with zero attached hydrogens (tertiary/aromatic N) is 1. The predicted octanol–water partition coefficient (Wildman–Crippen LogP) is 2.68. The average molecular weight is 242 g/mol. The molecule has 0 bridgehead atoms. The number of hydrogen-bond acceptors (Lipinski definition) is 2. The highest BCUT2D eigenvalue weighted by atomic mass is 35.5. The number of carbonyl (C=O) groups excluding carboxylic acids is 1. The molecular weight excluding hydrogens is 226 g/mol. The lowest BCUT2D eigenvalue weighted by Crippen LogP contribution is -2.43. The Morgan fingerprint density at radius 1 is 1.56 bits per heavy atom. The minimum absolute atomic E-state index is 0.0498. The summed E-state index contributed by atoms with van der Waals surface area (Å²) in [5, 5.41) is 0.0498. The third kappa shape index (κ3) is 2.24. The highest BCUT2D eigenvalue weighted by molar-refractivity contribution is 6.21. The molecule has 1 saturated heterocycles. The molecule has 1 amide bonds. The summed E-state index contributed by atoms with van der Waals surface area (Å²) in [6, 6.07) is 3.52. The van der Waals surface area contributed by atoms with Gasteiger partial charge in [0.2, 0.25) is 0 Å². The lowest BCUT2D eigenvalue weighted by atomic mass is 9.98. The number of aryl methyl sites for hydroxylation is 1. The number of hydrogen-bond donors (Lipinski definition) is 0. The highest BCUT2D eigenvalue weighted by Gasteiger charge is 2.28. The van der Waals surface area contributed by atoms with Crippen LogP contribution in [-0.2, 0) is 0 Å². The van der Waals surface area contributed by atoms with Crippen molar-refractivity contribution in [1.82, 2.24) is 4.90 Å². The number of piperidine rings is 1. The number of amides is 1. The molecule has 1 aromatic rings. The second-order valence-corrected chi connectivity index (χ2v) is 5.00. The summed E-state index contributed by atoms with van der Waals surface area (Å²) in [7, 11) is 0. The number of likely N-dealkylation sites (tertiary alicyclic amines) is 1. The van der Waals surface area contributed by atoms with Crippen LogP contribution in [0.25, 0.3) is 0 Å². The lowest BCUT2D eigenvalue weighted by Gasteiger charge is -2.33. The highest BCUT2D eigenvalue weighted by Crippen LogP contribution is 2.23. The first-order valence-corrected chi connectivity index (χ1v) is 6.01. The van der Waals surface area contributed by atoms with Crippen LogP contribution in [0.5, 0.6) is 0 Å². The number of alkyl halides is 1. The molecule has 2 unspecified atom stereocenters. The van der Waals surface area contributed by atoms with Gasteiger partial charge >= 0.3 is 0 Å². The zero-order valence-corrected chi connectivity index (χ0v) is 10.3. The van der Waals surface area contributed by atoms with Gasteiger partial charge in [0, 0.05) is 13.1 Å². The van der Waals surface area contributed by atoms with Gasteiger partial charge in [-0.1, -0.05) is 6.92 Å². The van der Waals surface area contributed by atoms with E-state index in [4.69, 9.17) is 16.0 Å². The summed E-state index contributed by atoms with van der Waals surface area (Å²) in [6.45, 7) is 5.33. The van der Waals surface area contributed by atoms with E-state index in [-0.39, 0.29) is 11.3 Å². The standard InChI is InChI=1S/C12H16ClNO2/c1-8-5-6-14(7-10(8)13)12(15)11-4-3-9(2)16-11/h3-4,8,10H,5-7H2,1-2H3. The molecule has 3 nitrogen and oxygen atoms in total. The fraction of sp³-hybridized carbons (Fsp3) is 0.583. The van der Waals surface area contributed by atoms with Crippen LogP contribution in [0.15, 0.2) is 16.5 Å². The smallest absolute Gasteiger partial charge is 0.289 e. The maximum atomic E-state index is 12.0. The number of carbonyl (C=O) groups is 1. The van der Waals surface area contributed by atoms with Crippen LogP contribution in [0.4, 0.5) is 0 Å². The molecule has 0 aliphatic carbocycles. The molecule has 2 rings (SSSR count). The van der Waals surface area contributed by atoms with Crippen molar-refractivity contribution in [3.63, 3.8) is 0 Å². The van der Waals surface area contributed by atoms with Crippen LogP contribution in [-0.4, -0.2) is 29.3 Å². The molecule has 88 valence electrons. The molecule has 0 radical (unpaired) electrons. The van der Waals surface area contributed by atoms with Crippen LogP contribution in [0.2, 0.25) is 0 Å². The molecule has 0 saturated carbocycles. The molecule has 2 heterocycles. The van der Waals surface area contributed by atoms with Gasteiger partial charge in [0.25, 0.3) is 5.91 Å². The first kappa shape index (κ1) is 11.5. The lowest BCUT2D eigenvalue weighted by molar-refractivity contribution is 0.0668. The van der Waals surface area contributed by atoms with Crippen molar-refractivity contribution < 1.29 is 9.21 Å². The van der Waals surface area contributed by atoms with Gasteiger partial charge in [0.1, 0.15) is 5.76 Å². The van der Waals surface area contributed by atoms with Crippen LogP contribution in [0.1, 0.15) is 29.7 Å². The molecule has 1 aromatic heterocycles. The van der Waals surface area contributed by atoms with Crippen molar-refractivity contribution in [3.05, 3.63) is 23.7 Å². The van der Waals surface area contributed by atoms with Crippen molar-refractivity contribution in [3.8, 4) is 0 Å². The van der Waals surface area contributed by atoms with Gasteiger partial charge in [0.15, 0.2) is 5.76 Å². The molecule has 4 heteroatoms. The zero-order chi connectivity index (χ0) is 11.7. The maximum absolute atomic E-state index is 12.0. The fourth-order valence-electron chi connectivity index (χ4n) is 1.91. The Bertz CT molecular complexity index is 388.